The standard InChI is InChI=1S/C10H12NOS.ClH/c1-13(2,12)8-10-5-3-9(7-11)4-6-10;/h3-6H,8H2,1-2H3;1H/q+1;/p-1. The Morgan fingerprint density at radius 2 is 1.79 bits per heavy atom. The van der Waals surface area contributed by atoms with Gasteiger partial charge >= 0.3 is 0 Å². The van der Waals surface area contributed by atoms with Gasteiger partial charge in [-0.15, -0.1) is 4.21 Å². The lowest BCUT2D eigenvalue weighted by molar-refractivity contribution is -0.00000454. The first-order chi connectivity index (χ1) is 6.01. The Morgan fingerprint density at radius 3 is 2.14 bits per heavy atom. The fraction of sp³-hybridized carbons (Fsp3) is 0.300. The van der Waals surface area contributed by atoms with E-state index in [1.165, 1.54) is 0 Å². The minimum atomic E-state index is -1.73. The van der Waals surface area contributed by atoms with Gasteiger partial charge in [0, 0.05) is 5.56 Å². The number of benzene rings is 1. The van der Waals surface area contributed by atoms with Gasteiger partial charge in [-0.05, 0) is 12.1 Å². The minimum absolute atomic E-state index is 0. The summed E-state index contributed by atoms with van der Waals surface area (Å²) < 4.78 is 11.4. The summed E-state index contributed by atoms with van der Waals surface area (Å²) in [7, 11) is -1.73. The number of halogens is 1. The van der Waals surface area contributed by atoms with Gasteiger partial charge < -0.3 is 12.4 Å². The van der Waals surface area contributed by atoms with Gasteiger partial charge in [-0.25, -0.2) is 0 Å². The molecule has 14 heavy (non-hydrogen) atoms. The van der Waals surface area contributed by atoms with Crippen molar-refractivity contribution in [1.82, 2.24) is 0 Å². The molecule has 1 aromatic carbocycles. The van der Waals surface area contributed by atoms with Gasteiger partial charge in [-0.3, -0.25) is 0 Å². The summed E-state index contributed by atoms with van der Waals surface area (Å²) in [5.41, 5.74) is 1.66. The second-order valence-corrected chi connectivity index (χ2v) is 6.55. The predicted octanol–water partition coefficient (Wildman–Crippen LogP) is -1.18. The zero-order valence-electron chi connectivity index (χ0n) is 8.16. The molecule has 0 N–H and O–H groups in total. The van der Waals surface area contributed by atoms with E-state index in [0.29, 0.717) is 11.3 Å². The number of nitriles is 1. The van der Waals surface area contributed by atoms with E-state index >= 15 is 0 Å². The first-order valence-electron chi connectivity index (χ1n) is 3.92. The SMILES string of the molecule is C[S+](C)(=O)Cc1ccc(C#N)cc1.[Cl-]. The average molecular weight is 230 g/mol. The van der Waals surface area contributed by atoms with Crippen molar-refractivity contribution in [3.8, 4) is 6.07 Å². The van der Waals surface area contributed by atoms with Crippen LogP contribution in [0.15, 0.2) is 24.3 Å². The maximum atomic E-state index is 11.4. The highest BCUT2D eigenvalue weighted by Gasteiger charge is 2.12. The summed E-state index contributed by atoms with van der Waals surface area (Å²) in [4.78, 5) is 0. The lowest BCUT2D eigenvalue weighted by atomic mass is 10.2. The molecule has 0 fully saturated rings. The lowest BCUT2D eigenvalue weighted by Crippen LogP contribution is -3.00. The van der Waals surface area contributed by atoms with E-state index in [2.05, 4.69) is 0 Å². The molecular formula is C10H12ClNOS. The molecule has 0 aromatic heterocycles. The third-order valence-electron chi connectivity index (χ3n) is 1.60. The molecule has 0 aliphatic heterocycles. The van der Waals surface area contributed by atoms with Crippen LogP contribution in [0.5, 0.6) is 0 Å². The Balaban J connectivity index is 0.00000169. The summed E-state index contributed by atoms with van der Waals surface area (Å²) in [6.45, 7) is 0. The number of nitrogens with zero attached hydrogens (tertiary/aromatic N) is 1. The van der Waals surface area contributed by atoms with E-state index in [1.807, 2.05) is 18.2 Å². The second kappa shape index (κ2) is 5.14. The molecule has 0 radical (unpaired) electrons. The molecule has 4 heteroatoms. The van der Waals surface area contributed by atoms with Crippen molar-refractivity contribution >= 4 is 9.93 Å². The van der Waals surface area contributed by atoms with Crippen LogP contribution < -0.4 is 12.4 Å². The van der Waals surface area contributed by atoms with Gasteiger partial charge in [0.2, 0.25) is 0 Å². The van der Waals surface area contributed by atoms with Crippen molar-refractivity contribution in [2.24, 2.45) is 0 Å². The topological polar surface area (TPSA) is 40.9 Å². The Kier molecular flexibility index (Phi) is 4.82. The Morgan fingerprint density at radius 1 is 1.29 bits per heavy atom. The molecule has 0 aliphatic rings. The van der Waals surface area contributed by atoms with Gasteiger partial charge in [-0.1, -0.05) is 12.1 Å². The molecular weight excluding hydrogens is 218 g/mol. The van der Waals surface area contributed by atoms with Gasteiger partial charge in [0.1, 0.15) is 18.3 Å². The van der Waals surface area contributed by atoms with Crippen molar-refractivity contribution in [3.63, 3.8) is 0 Å². The fourth-order valence-electron chi connectivity index (χ4n) is 1.08. The van der Waals surface area contributed by atoms with Gasteiger partial charge in [0.25, 0.3) is 0 Å². The molecule has 0 heterocycles. The van der Waals surface area contributed by atoms with Gasteiger partial charge in [0.15, 0.2) is 0 Å². The van der Waals surface area contributed by atoms with Crippen molar-refractivity contribution < 1.29 is 16.6 Å². The molecule has 1 rings (SSSR count). The number of rotatable bonds is 2. The van der Waals surface area contributed by atoms with Crippen molar-refractivity contribution in [3.05, 3.63) is 35.4 Å². The molecule has 0 bridgehead atoms. The number of hydrogen-bond acceptors (Lipinski definition) is 2. The summed E-state index contributed by atoms with van der Waals surface area (Å²) in [5.74, 6) is 0.582. The van der Waals surface area contributed by atoms with Gasteiger partial charge in [0.05, 0.1) is 21.6 Å². The van der Waals surface area contributed by atoms with Crippen LogP contribution in [0.2, 0.25) is 0 Å². The maximum absolute atomic E-state index is 11.4. The summed E-state index contributed by atoms with van der Waals surface area (Å²) in [6.07, 6.45) is 3.48. The van der Waals surface area contributed by atoms with Crippen molar-refractivity contribution in [2.75, 3.05) is 12.5 Å². The molecule has 0 saturated carbocycles. The molecule has 0 atom stereocenters. The summed E-state index contributed by atoms with van der Waals surface area (Å²) >= 11 is 0. The van der Waals surface area contributed by atoms with Crippen LogP contribution in [0, 0.1) is 11.3 Å². The molecule has 0 aliphatic carbocycles. The normalized spacial score (nSPS) is 10.1. The quantitative estimate of drug-likeness (QED) is 0.600. The largest absolute Gasteiger partial charge is 1.00 e. The minimum Gasteiger partial charge on any atom is -1.00 e. The highest BCUT2D eigenvalue weighted by molar-refractivity contribution is 8.00. The third-order valence-corrected chi connectivity index (χ3v) is 2.63. The molecule has 0 spiro atoms. The van der Waals surface area contributed by atoms with E-state index in [0.717, 1.165) is 5.56 Å². The highest BCUT2D eigenvalue weighted by atomic mass is 35.5. The Bertz CT molecular complexity index is 374. The van der Waals surface area contributed by atoms with Gasteiger partial charge in [-0.2, -0.15) is 5.26 Å². The van der Waals surface area contributed by atoms with Crippen molar-refractivity contribution in [1.29, 1.82) is 5.26 Å². The average Bonchev–Trinajstić information content (AvgIpc) is 2.03. The molecule has 76 valence electrons. The molecule has 2 nitrogen and oxygen atoms in total. The lowest BCUT2D eigenvalue weighted by Gasteiger charge is -2.00. The summed E-state index contributed by atoms with van der Waals surface area (Å²) in [6, 6.07) is 9.25. The first kappa shape index (κ1) is 13.2. The monoisotopic (exact) mass is 229 g/mol. The van der Waals surface area contributed by atoms with E-state index in [-0.39, 0.29) is 12.4 Å². The van der Waals surface area contributed by atoms with Crippen LogP contribution in [0.1, 0.15) is 11.1 Å². The highest BCUT2D eigenvalue weighted by Crippen LogP contribution is 2.09. The molecule has 0 unspecified atom stereocenters. The Labute approximate surface area is 91.8 Å². The third kappa shape index (κ3) is 4.40. The van der Waals surface area contributed by atoms with Crippen molar-refractivity contribution in [2.45, 2.75) is 5.75 Å². The molecule has 1 aromatic rings. The van der Waals surface area contributed by atoms with Crippen LogP contribution >= 0.6 is 0 Å². The second-order valence-electron chi connectivity index (χ2n) is 3.39. The van der Waals surface area contributed by atoms with E-state index < -0.39 is 9.93 Å². The summed E-state index contributed by atoms with van der Waals surface area (Å²) in [5, 5.41) is 8.55. The molecule has 0 saturated heterocycles. The van der Waals surface area contributed by atoms with Crippen LogP contribution in [-0.4, -0.2) is 12.5 Å². The predicted molar refractivity (Wildman–Crippen MR) is 54.8 cm³/mol. The first-order valence-corrected chi connectivity index (χ1v) is 6.46. The van der Waals surface area contributed by atoms with E-state index in [9.17, 15) is 4.21 Å². The van der Waals surface area contributed by atoms with E-state index in [4.69, 9.17) is 5.26 Å². The van der Waals surface area contributed by atoms with Crippen LogP contribution in [0.4, 0.5) is 0 Å². The fourth-order valence-corrected chi connectivity index (χ4v) is 2.07. The van der Waals surface area contributed by atoms with Crippen LogP contribution in [-0.2, 0) is 19.9 Å². The zero-order chi connectivity index (χ0) is 9.90. The van der Waals surface area contributed by atoms with E-state index in [1.54, 1.807) is 24.6 Å². The zero-order valence-corrected chi connectivity index (χ0v) is 9.73. The van der Waals surface area contributed by atoms with Crippen LogP contribution in [0.3, 0.4) is 0 Å². The maximum Gasteiger partial charge on any atom is 0.136 e. The molecule has 0 amide bonds. The van der Waals surface area contributed by atoms with Crippen LogP contribution in [0.25, 0.3) is 0 Å². The number of hydrogen-bond donors (Lipinski definition) is 0. The smallest absolute Gasteiger partial charge is 0.136 e. The Hall–Kier alpha value is -0.850.